The summed E-state index contributed by atoms with van der Waals surface area (Å²) in [7, 11) is 0. The van der Waals surface area contributed by atoms with E-state index in [2.05, 4.69) is 16.0 Å². The number of hydrogen-bond acceptors (Lipinski definition) is 6. The van der Waals surface area contributed by atoms with E-state index in [0.29, 0.717) is 43.6 Å². The number of nitrogens with one attached hydrogen (secondary N) is 3. The van der Waals surface area contributed by atoms with Gasteiger partial charge in [-0.25, -0.2) is 9.18 Å². The molecule has 1 unspecified atom stereocenters. The molecule has 0 saturated carbocycles. The van der Waals surface area contributed by atoms with E-state index in [-0.39, 0.29) is 43.1 Å². The summed E-state index contributed by atoms with van der Waals surface area (Å²) in [6, 6.07) is 5.38. The molecule has 6 amide bonds. The Labute approximate surface area is 254 Å². The predicted molar refractivity (Wildman–Crippen MR) is 165 cm³/mol. The number of rotatable bonds is 15. The lowest BCUT2D eigenvalue weighted by Gasteiger charge is -2.21. The van der Waals surface area contributed by atoms with Crippen molar-refractivity contribution in [3.8, 4) is 0 Å². The van der Waals surface area contributed by atoms with Crippen LogP contribution < -0.4 is 21.7 Å². The van der Waals surface area contributed by atoms with Crippen molar-refractivity contribution >= 4 is 35.3 Å². The third kappa shape index (κ3) is 16.8. The van der Waals surface area contributed by atoms with Crippen molar-refractivity contribution in [2.24, 2.45) is 11.7 Å². The van der Waals surface area contributed by atoms with Gasteiger partial charge in [0.1, 0.15) is 5.83 Å². The zero-order chi connectivity index (χ0) is 32.8. The first-order chi connectivity index (χ1) is 20.5. The molecular formula is C31H48FN5O6. The first-order valence-corrected chi connectivity index (χ1v) is 14.7. The lowest BCUT2D eigenvalue weighted by Crippen LogP contribution is -2.39. The second-order valence-corrected chi connectivity index (χ2v) is 9.75. The Balaban J connectivity index is 0.00000171. The number of nitrogens with two attached hydrogens (primary N) is 1. The van der Waals surface area contributed by atoms with Crippen molar-refractivity contribution in [1.29, 1.82) is 0 Å². The minimum Gasteiger partial charge on any atom is -0.392 e. The standard InChI is InChI=1S/C25H32FN3O5.C4H10N2O.C2H6/c1-17(2)25(20(26)11-12-22(32)27-19-9-7-18(16-30)8-10-19)28-21(31)6-4-3-5-15-29-23(33)13-14-24(29)34;1-2-3-6-4(5)7;1-2/h7-11,13-14,17,25,30H,3-6,12,15-16H2,1-2H3,(H,27,32)(H,28,31);2-3H2,1H3,(H3,5,6,7);1-2H3/b20-11-;;. The number of anilines is 1. The number of aliphatic hydroxyl groups excluding tert-OH is 1. The second-order valence-electron chi connectivity index (χ2n) is 9.75. The fraction of sp³-hybridized carbons (Fsp3) is 0.516. The predicted octanol–water partition coefficient (Wildman–Crippen LogP) is 4.08. The van der Waals surface area contributed by atoms with Gasteiger partial charge in [-0.3, -0.25) is 24.1 Å². The number of amides is 6. The molecule has 43 heavy (non-hydrogen) atoms. The molecule has 0 saturated heterocycles. The first kappa shape index (κ1) is 38.9. The van der Waals surface area contributed by atoms with Gasteiger partial charge in [-0.05, 0) is 49.0 Å². The molecule has 6 N–H and O–H groups in total. The van der Waals surface area contributed by atoms with Gasteiger partial charge >= 0.3 is 6.03 Å². The first-order valence-electron chi connectivity index (χ1n) is 14.7. The van der Waals surface area contributed by atoms with Gasteiger partial charge in [0.05, 0.1) is 12.6 Å². The Morgan fingerprint density at radius 2 is 1.60 bits per heavy atom. The van der Waals surface area contributed by atoms with E-state index in [1.807, 2.05) is 20.8 Å². The van der Waals surface area contributed by atoms with E-state index in [4.69, 9.17) is 10.8 Å². The van der Waals surface area contributed by atoms with Crippen LogP contribution in [0.4, 0.5) is 14.9 Å². The molecule has 240 valence electrons. The minimum atomic E-state index is -0.838. The number of carbonyl (C=O) groups is 5. The molecule has 1 heterocycles. The highest BCUT2D eigenvalue weighted by molar-refractivity contribution is 6.12. The van der Waals surface area contributed by atoms with Gasteiger partial charge in [-0.2, -0.15) is 0 Å². The molecular weight excluding hydrogens is 557 g/mol. The molecule has 0 spiro atoms. The van der Waals surface area contributed by atoms with E-state index in [1.165, 1.54) is 18.2 Å². The quantitative estimate of drug-likeness (QED) is 0.149. The van der Waals surface area contributed by atoms with Crippen LogP contribution >= 0.6 is 0 Å². The van der Waals surface area contributed by atoms with Crippen LogP contribution in [0.25, 0.3) is 0 Å². The van der Waals surface area contributed by atoms with Crippen molar-refractivity contribution in [1.82, 2.24) is 15.5 Å². The van der Waals surface area contributed by atoms with Gasteiger partial charge in [0, 0.05) is 43.8 Å². The number of halogens is 1. The highest BCUT2D eigenvalue weighted by Crippen LogP contribution is 2.16. The molecule has 1 aromatic rings. The van der Waals surface area contributed by atoms with Crippen LogP contribution in [0.2, 0.25) is 0 Å². The third-order valence-electron chi connectivity index (χ3n) is 5.92. The van der Waals surface area contributed by atoms with Gasteiger partial charge in [-0.1, -0.05) is 53.2 Å². The smallest absolute Gasteiger partial charge is 0.312 e. The van der Waals surface area contributed by atoms with Crippen LogP contribution in [0.1, 0.15) is 78.7 Å². The monoisotopic (exact) mass is 605 g/mol. The maximum atomic E-state index is 14.7. The normalized spacial score (nSPS) is 13.0. The fourth-order valence-electron chi connectivity index (χ4n) is 3.65. The summed E-state index contributed by atoms with van der Waals surface area (Å²) >= 11 is 0. The molecule has 0 aliphatic carbocycles. The molecule has 1 aromatic carbocycles. The van der Waals surface area contributed by atoms with Crippen LogP contribution in [-0.2, 0) is 25.8 Å². The number of benzene rings is 1. The van der Waals surface area contributed by atoms with Gasteiger partial charge in [0.25, 0.3) is 11.8 Å². The Kier molecular flexibility index (Phi) is 20.4. The molecule has 11 nitrogen and oxygen atoms in total. The van der Waals surface area contributed by atoms with Crippen LogP contribution in [0.3, 0.4) is 0 Å². The van der Waals surface area contributed by atoms with E-state index < -0.39 is 23.8 Å². The van der Waals surface area contributed by atoms with E-state index in [9.17, 15) is 28.4 Å². The number of primary amides is 1. The summed E-state index contributed by atoms with van der Waals surface area (Å²) in [6.07, 6.45) is 6.37. The second kappa shape index (κ2) is 22.5. The third-order valence-corrected chi connectivity index (χ3v) is 5.92. The van der Waals surface area contributed by atoms with Gasteiger partial charge in [-0.15, -0.1) is 0 Å². The topological polar surface area (TPSA) is 171 Å². The van der Waals surface area contributed by atoms with Crippen molar-refractivity contribution in [3.63, 3.8) is 0 Å². The summed E-state index contributed by atoms with van der Waals surface area (Å²) in [6.45, 7) is 10.4. The van der Waals surface area contributed by atoms with Crippen LogP contribution in [0, 0.1) is 5.92 Å². The van der Waals surface area contributed by atoms with E-state index in [1.54, 1.807) is 38.1 Å². The maximum absolute atomic E-state index is 14.7. The molecule has 0 radical (unpaired) electrons. The molecule has 0 bridgehead atoms. The molecule has 2 rings (SSSR count). The Morgan fingerprint density at radius 1 is 1.00 bits per heavy atom. The number of urea groups is 1. The van der Waals surface area contributed by atoms with Gasteiger partial charge < -0.3 is 26.8 Å². The van der Waals surface area contributed by atoms with Crippen molar-refractivity contribution in [3.05, 3.63) is 53.9 Å². The van der Waals surface area contributed by atoms with Crippen LogP contribution in [0.15, 0.2) is 48.3 Å². The number of aliphatic hydroxyl groups is 1. The molecule has 0 aromatic heterocycles. The zero-order valence-corrected chi connectivity index (χ0v) is 26.0. The van der Waals surface area contributed by atoms with Crippen molar-refractivity contribution in [2.75, 3.05) is 18.4 Å². The lowest BCUT2D eigenvalue weighted by molar-refractivity contribution is -0.137. The number of carbonyl (C=O) groups excluding carboxylic acids is 5. The highest BCUT2D eigenvalue weighted by Gasteiger charge is 2.23. The van der Waals surface area contributed by atoms with Crippen molar-refractivity contribution in [2.45, 2.75) is 85.8 Å². The molecule has 1 aliphatic heterocycles. The molecule has 12 heteroatoms. The number of hydrogen-bond donors (Lipinski definition) is 5. The number of imide groups is 1. The summed E-state index contributed by atoms with van der Waals surface area (Å²) < 4.78 is 14.7. The van der Waals surface area contributed by atoms with Gasteiger partial charge in [0.15, 0.2) is 0 Å². The summed E-state index contributed by atoms with van der Waals surface area (Å²) in [4.78, 5) is 58.4. The fourth-order valence-corrected chi connectivity index (χ4v) is 3.65. The number of unbranched alkanes of at least 4 members (excludes halogenated alkanes) is 2. The summed E-state index contributed by atoms with van der Waals surface area (Å²) in [5.74, 6) is -2.13. The highest BCUT2D eigenvalue weighted by atomic mass is 19.1. The molecule has 1 atom stereocenters. The number of nitrogens with zero attached hydrogens (tertiary/aromatic N) is 1. The Bertz CT molecular complexity index is 1070. The largest absolute Gasteiger partial charge is 0.392 e. The Hall–Kier alpha value is -4.06. The van der Waals surface area contributed by atoms with Gasteiger partial charge in [0.2, 0.25) is 11.8 Å². The molecule has 1 aliphatic rings. The Morgan fingerprint density at radius 3 is 2.09 bits per heavy atom. The SMILES string of the molecule is CC.CC(C)C(NC(=O)CCCCCN1C(=O)C=CC1=O)/C(F)=C/CC(=O)Nc1ccc(CO)cc1.CCCNC(N)=O. The van der Waals surface area contributed by atoms with Crippen LogP contribution in [-0.4, -0.2) is 58.8 Å². The van der Waals surface area contributed by atoms with E-state index >= 15 is 0 Å². The molecule has 0 fully saturated rings. The summed E-state index contributed by atoms with van der Waals surface area (Å²) in [5, 5.41) is 16.8. The minimum absolute atomic E-state index is 0.0944. The lowest BCUT2D eigenvalue weighted by atomic mass is 10.0. The van der Waals surface area contributed by atoms with E-state index in [0.717, 1.165) is 11.3 Å². The average Bonchev–Trinajstić information content (AvgIpc) is 3.31. The van der Waals surface area contributed by atoms with Crippen LogP contribution in [0.5, 0.6) is 0 Å². The van der Waals surface area contributed by atoms with Crippen molar-refractivity contribution < 1.29 is 33.5 Å². The summed E-state index contributed by atoms with van der Waals surface area (Å²) in [5.41, 5.74) is 5.99. The maximum Gasteiger partial charge on any atom is 0.312 e. The average molecular weight is 606 g/mol. The zero-order valence-electron chi connectivity index (χ0n) is 26.0.